The molecule has 0 aromatic carbocycles. The van der Waals surface area contributed by atoms with Crippen molar-refractivity contribution in [3.8, 4) is 0 Å². The van der Waals surface area contributed by atoms with Crippen LogP contribution in [0.15, 0.2) is 0 Å². The minimum Gasteiger partial charge on any atom is -0.481 e. The second kappa shape index (κ2) is 6.44. The van der Waals surface area contributed by atoms with E-state index >= 15 is 0 Å². The summed E-state index contributed by atoms with van der Waals surface area (Å²) < 4.78 is 0. The lowest BCUT2D eigenvalue weighted by atomic mass is 9.63. The van der Waals surface area contributed by atoms with E-state index in [9.17, 15) is 9.90 Å². The molecule has 0 fully saturated rings. The molecule has 0 aromatic rings. The average molecular weight is 286 g/mol. The molecule has 0 saturated carbocycles. The zero-order valence-electron chi connectivity index (χ0n) is 14.5. The Morgan fingerprint density at radius 1 is 1.15 bits per heavy atom. The van der Waals surface area contributed by atoms with Crippen LogP contribution in [0.4, 0.5) is 0 Å². The molecule has 0 spiro atoms. The van der Waals surface area contributed by atoms with Gasteiger partial charge in [0.05, 0.1) is 5.41 Å². The van der Waals surface area contributed by atoms with Gasteiger partial charge >= 0.3 is 5.97 Å². The van der Waals surface area contributed by atoms with Crippen molar-refractivity contribution < 1.29 is 9.90 Å². The highest BCUT2D eigenvalue weighted by molar-refractivity contribution is 5.73. The van der Waals surface area contributed by atoms with E-state index in [1.807, 2.05) is 7.05 Å². The predicted molar refractivity (Wildman–Crippen MR) is 84.7 cm³/mol. The zero-order valence-corrected chi connectivity index (χ0v) is 14.5. The molecule has 4 nitrogen and oxygen atoms in total. The quantitative estimate of drug-likeness (QED) is 0.641. The summed E-state index contributed by atoms with van der Waals surface area (Å²) in [5.41, 5.74) is 5.58. The molecule has 0 aliphatic rings. The van der Waals surface area contributed by atoms with Crippen LogP contribution >= 0.6 is 0 Å². The largest absolute Gasteiger partial charge is 0.481 e. The number of hydrogen-bond acceptors (Lipinski definition) is 3. The van der Waals surface area contributed by atoms with Gasteiger partial charge in [-0.3, -0.25) is 4.79 Å². The Labute approximate surface area is 124 Å². The summed E-state index contributed by atoms with van der Waals surface area (Å²) in [6.07, 6.45) is 0.566. The molecule has 2 unspecified atom stereocenters. The summed E-state index contributed by atoms with van der Waals surface area (Å²) in [5, 5.41) is 12.5. The molecule has 4 N–H and O–H groups in total. The molecule has 0 rings (SSSR count). The van der Waals surface area contributed by atoms with Crippen molar-refractivity contribution in [3.63, 3.8) is 0 Å². The van der Waals surface area contributed by atoms with Gasteiger partial charge in [0.25, 0.3) is 0 Å². The maximum Gasteiger partial charge on any atom is 0.309 e. The monoisotopic (exact) mass is 286 g/mol. The van der Waals surface area contributed by atoms with E-state index < -0.39 is 11.4 Å². The van der Waals surface area contributed by atoms with Crippen molar-refractivity contribution in [3.05, 3.63) is 0 Å². The minimum absolute atomic E-state index is 0.0514. The fourth-order valence-electron chi connectivity index (χ4n) is 3.11. The summed E-state index contributed by atoms with van der Waals surface area (Å²) >= 11 is 0. The fraction of sp³-hybridized carbons (Fsp3) is 0.938. The topological polar surface area (TPSA) is 75.3 Å². The Morgan fingerprint density at radius 2 is 1.60 bits per heavy atom. The average Bonchev–Trinajstić information content (AvgIpc) is 2.25. The Hall–Kier alpha value is -0.610. The number of carboxylic acid groups (broad SMARTS) is 1. The van der Waals surface area contributed by atoms with Gasteiger partial charge in [0, 0.05) is 12.6 Å². The number of carboxylic acids is 1. The van der Waals surface area contributed by atoms with E-state index in [4.69, 9.17) is 5.73 Å². The van der Waals surface area contributed by atoms with Crippen LogP contribution < -0.4 is 11.1 Å². The molecule has 0 aliphatic carbocycles. The van der Waals surface area contributed by atoms with Gasteiger partial charge in [-0.25, -0.2) is 0 Å². The van der Waals surface area contributed by atoms with Crippen molar-refractivity contribution in [1.29, 1.82) is 0 Å². The van der Waals surface area contributed by atoms with Crippen molar-refractivity contribution in [2.75, 3.05) is 13.6 Å². The van der Waals surface area contributed by atoms with Crippen LogP contribution in [-0.2, 0) is 4.79 Å². The van der Waals surface area contributed by atoms with E-state index in [2.05, 4.69) is 39.9 Å². The smallest absolute Gasteiger partial charge is 0.309 e. The van der Waals surface area contributed by atoms with Crippen molar-refractivity contribution in [1.82, 2.24) is 5.32 Å². The van der Waals surface area contributed by atoms with Gasteiger partial charge in [0.2, 0.25) is 0 Å². The van der Waals surface area contributed by atoms with E-state index in [0.717, 1.165) is 6.54 Å². The molecule has 0 amide bonds. The third kappa shape index (κ3) is 4.74. The van der Waals surface area contributed by atoms with E-state index in [1.165, 1.54) is 0 Å². The number of aliphatic carboxylic acids is 1. The third-order valence-electron chi connectivity index (χ3n) is 4.78. The number of carbonyl (C=O) groups is 1. The zero-order chi connectivity index (χ0) is 16.4. The first-order valence-corrected chi connectivity index (χ1v) is 7.41. The van der Waals surface area contributed by atoms with E-state index in [1.54, 1.807) is 13.8 Å². The van der Waals surface area contributed by atoms with Gasteiger partial charge in [-0.1, -0.05) is 34.6 Å². The Morgan fingerprint density at radius 3 is 1.95 bits per heavy atom. The van der Waals surface area contributed by atoms with Crippen LogP contribution in [0.2, 0.25) is 0 Å². The standard InChI is InChI=1S/C16H34N2O2/c1-11(16(6,7)10-18-8)12(17)14(2,3)9-15(4,5)13(19)20/h11-12,18H,9-10,17H2,1-8H3,(H,19,20). The summed E-state index contributed by atoms with van der Waals surface area (Å²) in [4.78, 5) is 11.3. The molecule has 20 heavy (non-hydrogen) atoms. The maximum atomic E-state index is 11.3. The van der Waals surface area contributed by atoms with Crippen molar-refractivity contribution in [2.45, 2.75) is 60.9 Å². The Bertz CT molecular complexity index is 335. The summed E-state index contributed by atoms with van der Waals surface area (Å²) in [6, 6.07) is -0.0514. The summed E-state index contributed by atoms with van der Waals surface area (Å²) in [6.45, 7) is 15.2. The number of rotatable bonds is 8. The number of nitrogens with one attached hydrogen (secondary N) is 1. The van der Waals surface area contributed by atoms with Crippen LogP contribution in [0, 0.1) is 22.2 Å². The highest BCUT2D eigenvalue weighted by Crippen LogP contribution is 2.41. The highest BCUT2D eigenvalue weighted by Gasteiger charge is 2.42. The number of hydrogen-bond donors (Lipinski definition) is 3. The Balaban J connectivity index is 5.07. The lowest BCUT2D eigenvalue weighted by molar-refractivity contribution is -0.149. The van der Waals surface area contributed by atoms with Gasteiger partial charge in [-0.15, -0.1) is 0 Å². The fourth-order valence-corrected chi connectivity index (χ4v) is 3.11. The summed E-state index contributed by atoms with van der Waals surface area (Å²) in [5.74, 6) is -0.477. The van der Waals surface area contributed by atoms with Gasteiger partial charge in [-0.05, 0) is 44.1 Å². The molecule has 0 radical (unpaired) electrons. The first-order chi connectivity index (χ1) is 8.78. The molecule has 0 aliphatic heterocycles. The van der Waals surface area contributed by atoms with Gasteiger partial charge < -0.3 is 16.2 Å². The molecule has 2 atom stereocenters. The Kier molecular flexibility index (Phi) is 6.24. The lowest BCUT2D eigenvalue weighted by Crippen LogP contribution is -2.51. The normalized spacial score (nSPS) is 16.9. The molecule has 0 heterocycles. The molecule has 0 bridgehead atoms. The van der Waals surface area contributed by atoms with Crippen molar-refractivity contribution >= 4 is 5.97 Å². The van der Waals surface area contributed by atoms with Gasteiger partial charge in [0.15, 0.2) is 0 Å². The highest BCUT2D eigenvalue weighted by atomic mass is 16.4. The molecular weight excluding hydrogens is 252 g/mol. The van der Waals surface area contributed by atoms with Crippen LogP contribution in [-0.4, -0.2) is 30.7 Å². The number of nitrogens with two attached hydrogens (primary N) is 1. The van der Waals surface area contributed by atoms with E-state index in [-0.39, 0.29) is 22.8 Å². The molecule has 4 heteroatoms. The predicted octanol–water partition coefficient (Wildman–Crippen LogP) is 2.72. The first-order valence-electron chi connectivity index (χ1n) is 7.41. The third-order valence-corrected chi connectivity index (χ3v) is 4.78. The first kappa shape index (κ1) is 19.4. The van der Waals surface area contributed by atoms with Gasteiger partial charge in [-0.2, -0.15) is 0 Å². The van der Waals surface area contributed by atoms with E-state index in [0.29, 0.717) is 6.42 Å². The molecular formula is C16H34N2O2. The lowest BCUT2D eigenvalue weighted by Gasteiger charge is -2.45. The SMILES string of the molecule is CNCC(C)(C)C(C)C(N)C(C)(C)CC(C)(C)C(=O)O. The van der Waals surface area contributed by atoms with Crippen LogP contribution in [0.25, 0.3) is 0 Å². The van der Waals surface area contributed by atoms with Crippen LogP contribution in [0.5, 0.6) is 0 Å². The maximum absolute atomic E-state index is 11.3. The second-order valence-corrected chi connectivity index (χ2v) is 8.19. The molecule has 0 aromatic heterocycles. The molecule has 120 valence electrons. The van der Waals surface area contributed by atoms with Crippen molar-refractivity contribution in [2.24, 2.45) is 27.9 Å². The second-order valence-electron chi connectivity index (χ2n) is 8.19. The summed E-state index contributed by atoms with van der Waals surface area (Å²) in [7, 11) is 1.94. The van der Waals surface area contributed by atoms with Crippen LogP contribution in [0.3, 0.4) is 0 Å². The van der Waals surface area contributed by atoms with Crippen LogP contribution in [0.1, 0.15) is 54.9 Å². The van der Waals surface area contributed by atoms with Gasteiger partial charge in [0.1, 0.15) is 0 Å². The minimum atomic E-state index is -0.764. The molecule has 0 saturated heterocycles.